The number of amides is 1. The van der Waals surface area contributed by atoms with Crippen LogP contribution in [0.2, 0.25) is 0 Å². The number of hydrogen-bond donors (Lipinski definition) is 0. The molecule has 2 saturated heterocycles. The van der Waals surface area contributed by atoms with Crippen molar-refractivity contribution < 1.29 is 4.79 Å². The van der Waals surface area contributed by atoms with Gasteiger partial charge in [0.25, 0.3) is 0 Å². The largest absolute Gasteiger partial charge is 0.346 e. The van der Waals surface area contributed by atoms with Crippen molar-refractivity contribution in [1.29, 1.82) is 0 Å². The highest BCUT2D eigenvalue weighted by Gasteiger charge is 2.52. The molecule has 1 amide bonds. The predicted molar refractivity (Wildman–Crippen MR) is 80.3 cm³/mol. The van der Waals surface area contributed by atoms with E-state index in [2.05, 4.69) is 28.8 Å². The van der Waals surface area contributed by atoms with E-state index in [9.17, 15) is 4.79 Å². The second-order valence-corrected chi connectivity index (χ2v) is 6.92. The van der Waals surface area contributed by atoms with E-state index in [4.69, 9.17) is 0 Å². The highest BCUT2D eigenvalue weighted by atomic mass is 16.2. The first-order chi connectivity index (χ1) is 9.93. The zero-order valence-electron chi connectivity index (χ0n) is 13.4. The fourth-order valence-corrected chi connectivity index (χ4v) is 3.35. The Morgan fingerprint density at radius 1 is 1.24 bits per heavy atom. The summed E-state index contributed by atoms with van der Waals surface area (Å²) >= 11 is 0. The van der Waals surface area contributed by atoms with E-state index in [0.717, 1.165) is 38.3 Å². The summed E-state index contributed by atoms with van der Waals surface area (Å²) in [4.78, 5) is 21.4. The van der Waals surface area contributed by atoms with Gasteiger partial charge in [-0.25, -0.2) is 9.78 Å². The van der Waals surface area contributed by atoms with E-state index in [1.807, 2.05) is 18.7 Å². The van der Waals surface area contributed by atoms with Crippen LogP contribution in [0.4, 0.5) is 4.79 Å². The predicted octanol–water partition coefficient (Wildman–Crippen LogP) is 1.93. The number of likely N-dealkylation sites (tertiary alicyclic amines) is 2. The molecule has 0 aromatic carbocycles. The Balaban J connectivity index is 1.73. The molecule has 1 spiro atoms. The van der Waals surface area contributed by atoms with Gasteiger partial charge in [-0.15, -0.1) is 5.10 Å². The van der Waals surface area contributed by atoms with Crippen LogP contribution >= 0.6 is 0 Å². The quantitative estimate of drug-likeness (QED) is 0.835. The molecule has 3 heterocycles. The molecule has 6 nitrogen and oxygen atoms in total. The van der Waals surface area contributed by atoms with Gasteiger partial charge in [0.1, 0.15) is 6.33 Å². The number of hydrogen-bond acceptors (Lipinski definition) is 4. The monoisotopic (exact) mass is 291 g/mol. The van der Waals surface area contributed by atoms with Crippen LogP contribution in [0.25, 0.3) is 0 Å². The van der Waals surface area contributed by atoms with Gasteiger partial charge in [-0.2, -0.15) is 4.68 Å². The van der Waals surface area contributed by atoms with Crippen molar-refractivity contribution in [3.05, 3.63) is 12.2 Å². The van der Waals surface area contributed by atoms with Gasteiger partial charge in [0.15, 0.2) is 5.82 Å². The fourth-order valence-electron chi connectivity index (χ4n) is 3.35. The van der Waals surface area contributed by atoms with E-state index >= 15 is 0 Å². The van der Waals surface area contributed by atoms with Crippen molar-refractivity contribution in [1.82, 2.24) is 24.6 Å². The van der Waals surface area contributed by atoms with Crippen LogP contribution in [-0.2, 0) is 0 Å². The molecular weight excluding hydrogens is 266 g/mol. The highest BCUT2D eigenvalue weighted by molar-refractivity contribution is 5.77. The molecule has 6 heteroatoms. The van der Waals surface area contributed by atoms with Crippen molar-refractivity contribution in [2.45, 2.75) is 58.0 Å². The van der Waals surface area contributed by atoms with Crippen LogP contribution in [0, 0.1) is 0 Å². The standard InChI is InChI=1S/C15H25N5O/c1-11(2)13-16-10-20(17-13)14(21)19-8-6-15(19)5-7-18(9-15)12(3)4/h10-12H,5-9H2,1-4H3. The first-order valence-electron chi connectivity index (χ1n) is 7.90. The summed E-state index contributed by atoms with van der Waals surface area (Å²) in [7, 11) is 0. The molecule has 21 heavy (non-hydrogen) atoms. The second-order valence-electron chi connectivity index (χ2n) is 6.92. The average Bonchev–Trinajstić information content (AvgIpc) is 3.06. The molecule has 0 bridgehead atoms. The minimum Gasteiger partial charge on any atom is -0.316 e. The first-order valence-corrected chi connectivity index (χ1v) is 7.90. The molecule has 0 N–H and O–H groups in total. The summed E-state index contributed by atoms with van der Waals surface area (Å²) < 4.78 is 1.41. The maximum atomic E-state index is 12.7. The van der Waals surface area contributed by atoms with Crippen LogP contribution in [-0.4, -0.2) is 61.8 Å². The van der Waals surface area contributed by atoms with Crippen molar-refractivity contribution in [3.8, 4) is 0 Å². The Bertz CT molecular complexity index is 538. The molecule has 2 aliphatic rings. The number of nitrogens with zero attached hydrogens (tertiary/aromatic N) is 5. The summed E-state index contributed by atoms with van der Waals surface area (Å²) in [6, 6.07) is 0.520. The van der Waals surface area contributed by atoms with Crippen molar-refractivity contribution >= 4 is 6.03 Å². The SMILES string of the molecule is CC(C)c1ncn(C(=O)N2CCC23CCN(C(C)C)C3)n1. The topological polar surface area (TPSA) is 54.3 Å². The van der Waals surface area contributed by atoms with E-state index in [1.54, 1.807) is 6.33 Å². The van der Waals surface area contributed by atoms with Crippen molar-refractivity contribution in [2.24, 2.45) is 0 Å². The van der Waals surface area contributed by atoms with Crippen LogP contribution in [0.15, 0.2) is 6.33 Å². The Labute approximate surface area is 126 Å². The lowest BCUT2D eigenvalue weighted by atomic mass is 9.84. The van der Waals surface area contributed by atoms with E-state index in [1.165, 1.54) is 4.68 Å². The lowest BCUT2D eigenvalue weighted by Gasteiger charge is -2.50. The molecule has 1 atom stereocenters. The van der Waals surface area contributed by atoms with E-state index in [0.29, 0.717) is 6.04 Å². The Kier molecular flexibility index (Phi) is 3.51. The Morgan fingerprint density at radius 3 is 2.43 bits per heavy atom. The third-order valence-corrected chi connectivity index (χ3v) is 4.92. The number of carbonyl (C=O) groups is 1. The summed E-state index contributed by atoms with van der Waals surface area (Å²) in [6.45, 7) is 11.4. The van der Waals surface area contributed by atoms with Gasteiger partial charge in [0, 0.05) is 31.6 Å². The Hall–Kier alpha value is -1.43. The van der Waals surface area contributed by atoms with Crippen molar-refractivity contribution in [2.75, 3.05) is 19.6 Å². The van der Waals surface area contributed by atoms with Crippen molar-refractivity contribution in [3.63, 3.8) is 0 Å². The molecule has 2 fully saturated rings. The summed E-state index contributed by atoms with van der Waals surface area (Å²) in [5, 5.41) is 4.32. The Morgan fingerprint density at radius 2 is 1.95 bits per heavy atom. The smallest absolute Gasteiger partial charge is 0.316 e. The van der Waals surface area contributed by atoms with Crippen LogP contribution in [0.5, 0.6) is 0 Å². The lowest BCUT2D eigenvalue weighted by molar-refractivity contribution is 0.0275. The summed E-state index contributed by atoms with van der Waals surface area (Å²) in [5.74, 6) is 0.973. The zero-order valence-corrected chi connectivity index (χ0v) is 13.4. The number of carbonyl (C=O) groups excluding carboxylic acids is 1. The average molecular weight is 291 g/mol. The molecule has 2 aliphatic heterocycles. The third-order valence-electron chi connectivity index (χ3n) is 4.92. The van der Waals surface area contributed by atoms with Gasteiger partial charge in [0.2, 0.25) is 0 Å². The van der Waals surface area contributed by atoms with Gasteiger partial charge in [-0.05, 0) is 26.7 Å². The number of aromatic nitrogens is 3. The molecule has 0 radical (unpaired) electrons. The molecule has 1 unspecified atom stereocenters. The van der Waals surface area contributed by atoms with Crippen LogP contribution in [0.1, 0.15) is 52.3 Å². The molecule has 1 aromatic rings. The van der Waals surface area contributed by atoms with Gasteiger partial charge >= 0.3 is 6.03 Å². The number of rotatable bonds is 2. The molecule has 0 saturated carbocycles. The molecule has 3 rings (SSSR count). The fraction of sp³-hybridized carbons (Fsp3) is 0.800. The van der Waals surface area contributed by atoms with Gasteiger partial charge in [-0.3, -0.25) is 4.90 Å². The highest BCUT2D eigenvalue weighted by Crippen LogP contribution is 2.40. The molecule has 1 aromatic heterocycles. The van der Waals surface area contributed by atoms with E-state index < -0.39 is 0 Å². The van der Waals surface area contributed by atoms with E-state index in [-0.39, 0.29) is 17.5 Å². The van der Waals surface area contributed by atoms with Gasteiger partial charge in [-0.1, -0.05) is 13.8 Å². The third kappa shape index (κ3) is 2.35. The molecule has 0 aliphatic carbocycles. The summed E-state index contributed by atoms with van der Waals surface area (Å²) in [6.07, 6.45) is 3.73. The van der Waals surface area contributed by atoms with Gasteiger partial charge in [0.05, 0.1) is 5.54 Å². The first kappa shape index (κ1) is 14.5. The van der Waals surface area contributed by atoms with Crippen LogP contribution in [0.3, 0.4) is 0 Å². The minimum absolute atomic E-state index is 0.0220. The van der Waals surface area contributed by atoms with Gasteiger partial charge < -0.3 is 4.90 Å². The molecule has 116 valence electrons. The normalized spacial score (nSPS) is 26.1. The molecular formula is C15H25N5O. The lowest BCUT2D eigenvalue weighted by Crippen LogP contribution is -2.64. The maximum Gasteiger partial charge on any atom is 0.346 e. The summed E-state index contributed by atoms with van der Waals surface area (Å²) in [5.41, 5.74) is 0.0330. The zero-order chi connectivity index (χ0) is 15.2. The van der Waals surface area contributed by atoms with Crippen LogP contribution < -0.4 is 0 Å². The minimum atomic E-state index is -0.0220. The maximum absolute atomic E-state index is 12.7. The second kappa shape index (κ2) is 5.09.